The molecule has 15 heavy (non-hydrogen) atoms. The molecule has 1 spiro atoms. The van der Waals surface area contributed by atoms with Crippen molar-refractivity contribution < 1.29 is 0 Å². The fraction of sp³-hybridized carbons (Fsp3) is 1.00. The van der Waals surface area contributed by atoms with E-state index >= 15 is 0 Å². The van der Waals surface area contributed by atoms with E-state index in [1.807, 2.05) is 0 Å². The lowest BCUT2D eigenvalue weighted by molar-refractivity contribution is 0.0895. The summed E-state index contributed by atoms with van der Waals surface area (Å²) in [7, 11) is 0. The molecule has 0 unspecified atom stereocenters. The molecule has 0 aromatic carbocycles. The Bertz CT molecular complexity index is 207. The first kappa shape index (κ1) is 10.1. The molecule has 2 saturated heterocycles. The molecule has 3 aliphatic rings. The van der Waals surface area contributed by atoms with E-state index in [0.717, 1.165) is 5.92 Å². The lowest BCUT2D eigenvalue weighted by Gasteiger charge is -2.41. The van der Waals surface area contributed by atoms with Crippen LogP contribution < -0.4 is 5.32 Å². The molecule has 3 rings (SSSR count). The Kier molecular flexibility index (Phi) is 2.73. The van der Waals surface area contributed by atoms with Gasteiger partial charge in [0.2, 0.25) is 0 Å². The van der Waals surface area contributed by atoms with E-state index in [1.54, 1.807) is 0 Å². The highest BCUT2D eigenvalue weighted by atomic mass is 15.1. The molecular weight excluding hydrogens is 184 g/mol. The molecule has 86 valence electrons. The van der Waals surface area contributed by atoms with E-state index in [0.29, 0.717) is 5.41 Å². The molecular formula is C13H24N2. The lowest BCUT2D eigenvalue weighted by atomic mass is 9.77. The molecule has 1 N–H and O–H groups in total. The van der Waals surface area contributed by atoms with Gasteiger partial charge in [-0.25, -0.2) is 0 Å². The summed E-state index contributed by atoms with van der Waals surface area (Å²) in [4.78, 5) is 2.73. The van der Waals surface area contributed by atoms with Crippen molar-refractivity contribution in [1.82, 2.24) is 10.2 Å². The fourth-order valence-electron chi connectivity index (χ4n) is 3.47. The molecule has 3 fully saturated rings. The van der Waals surface area contributed by atoms with Gasteiger partial charge in [0.1, 0.15) is 0 Å². The average Bonchev–Trinajstić information content (AvgIpc) is 2.63. The fourth-order valence-corrected chi connectivity index (χ4v) is 3.47. The van der Waals surface area contributed by atoms with Crippen LogP contribution in [-0.4, -0.2) is 37.6 Å². The maximum atomic E-state index is 3.54. The van der Waals surface area contributed by atoms with Crippen LogP contribution in [0.1, 0.15) is 38.5 Å². The zero-order chi connectivity index (χ0) is 10.1. The number of hydrogen-bond donors (Lipinski definition) is 1. The van der Waals surface area contributed by atoms with Gasteiger partial charge in [0.25, 0.3) is 0 Å². The molecule has 0 radical (unpaired) electrons. The van der Waals surface area contributed by atoms with Crippen molar-refractivity contribution in [2.24, 2.45) is 11.3 Å². The summed E-state index contributed by atoms with van der Waals surface area (Å²) in [5.74, 6) is 1.06. The molecule has 1 saturated carbocycles. The van der Waals surface area contributed by atoms with Crippen LogP contribution in [0.2, 0.25) is 0 Å². The highest BCUT2D eigenvalue weighted by Crippen LogP contribution is 2.38. The second-order valence-electron chi connectivity index (χ2n) is 6.02. The molecule has 2 heteroatoms. The minimum atomic E-state index is 0.704. The summed E-state index contributed by atoms with van der Waals surface area (Å²) in [6.45, 7) is 6.72. The van der Waals surface area contributed by atoms with Gasteiger partial charge in [-0.3, -0.25) is 0 Å². The molecule has 0 atom stereocenters. The normalized spacial score (nSPS) is 32.0. The zero-order valence-electron chi connectivity index (χ0n) is 9.80. The van der Waals surface area contributed by atoms with E-state index in [4.69, 9.17) is 0 Å². The number of nitrogens with one attached hydrogen (secondary N) is 1. The third kappa shape index (κ3) is 2.07. The van der Waals surface area contributed by atoms with E-state index in [-0.39, 0.29) is 0 Å². The van der Waals surface area contributed by atoms with Gasteiger partial charge in [0, 0.05) is 13.1 Å². The molecule has 2 nitrogen and oxygen atoms in total. The van der Waals surface area contributed by atoms with Gasteiger partial charge >= 0.3 is 0 Å². The molecule has 2 aliphatic heterocycles. The first-order valence-corrected chi connectivity index (χ1v) is 6.79. The molecule has 1 aliphatic carbocycles. The summed E-state index contributed by atoms with van der Waals surface area (Å²) in [6, 6.07) is 0. The topological polar surface area (TPSA) is 15.3 Å². The third-order valence-electron chi connectivity index (χ3n) is 4.99. The van der Waals surface area contributed by atoms with Crippen molar-refractivity contribution in [3.05, 3.63) is 0 Å². The molecule has 0 amide bonds. The predicted molar refractivity (Wildman–Crippen MR) is 62.9 cm³/mol. The maximum Gasteiger partial charge on any atom is 0.000966 e. The van der Waals surface area contributed by atoms with E-state index in [2.05, 4.69) is 10.2 Å². The predicted octanol–water partition coefficient (Wildman–Crippen LogP) is 1.86. The van der Waals surface area contributed by atoms with Gasteiger partial charge in [0.15, 0.2) is 0 Å². The van der Waals surface area contributed by atoms with Crippen molar-refractivity contribution in [3.63, 3.8) is 0 Å². The van der Waals surface area contributed by atoms with Gasteiger partial charge < -0.3 is 10.2 Å². The second-order valence-corrected chi connectivity index (χ2v) is 6.02. The van der Waals surface area contributed by atoms with Gasteiger partial charge in [-0.1, -0.05) is 6.42 Å². The number of piperidine rings is 1. The van der Waals surface area contributed by atoms with Crippen LogP contribution in [0.5, 0.6) is 0 Å². The maximum absolute atomic E-state index is 3.54. The molecule has 0 aromatic heterocycles. The largest absolute Gasteiger partial charge is 0.316 e. The Morgan fingerprint density at radius 1 is 1.13 bits per heavy atom. The summed E-state index contributed by atoms with van der Waals surface area (Å²) in [5.41, 5.74) is 0.704. The van der Waals surface area contributed by atoms with Crippen molar-refractivity contribution >= 4 is 0 Å². The van der Waals surface area contributed by atoms with Crippen LogP contribution in [0.3, 0.4) is 0 Å². The van der Waals surface area contributed by atoms with Crippen LogP contribution in [0, 0.1) is 11.3 Å². The number of hydrogen-bond acceptors (Lipinski definition) is 2. The summed E-state index contributed by atoms with van der Waals surface area (Å²) < 4.78 is 0. The Hall–Kier alpha value is -0.0800. The molecule has 2 heterocycles. The Balaban J connectivity index is 1.47. The Labute approximate surface area is 93.4 Å². The summed E-state index contributed by atoms with van der Waals surface area (Å²) in [5, 5.41) is 3.54. The van der Waals surface area contributed by atoms with Gasteiger partial charge in [-0.2, -0.15) is 0 Å². The van der Waals surface area contributed by atoms with Crippen LogP contribution in [-0.2, 0) is 0 Å². The van der Waals surface area contributed by atoms with Crippen molar-refractivity contribution in [1.29, 1.82) is 0 Å². The third-order valence-corrected chi connectivity index (χ3v) is 4.99. The Morgan fingerprint density at radius 2 is 1.93 bits per heavy atom. The summed E-state index contributed by atoms with van der Waals surface area (Å²) >= 11 is 0. The quantitative estimate of drug-likeness (QED) is 0.745. The smallest absolute Gasteiger partial charge is 0.000966 e. The summed E-state index contributed by atoms with van der Waals surface area (Å²) in [6.07, 6.45) is 8.84. The highest BCUT2D eigenvalue weighted by molar-refractivity contribution is 4.92. The molecule has 0 bridgehead atoms. The second kappa shape index (κ2) is 4.06. The molecule has 0 aromatic rings. The minimum Gasteiger partial charge on any atom is -0.316 e. The SMILES string of the molecule is C1CC(CN2CCC3(CCNC3)CC2)C1. The van der Waals surface area contributed by atoms with Crippen LogP contribution in [0.15, 0.2) is 0 Å². The van der Waals surface area contributed by atoms with Gasteiger partial charge in [0.05, 0.1) is 0 Å². The van der Waals surface area contributed by atoms with Crippen LogP contribution >= 0.6 is 0 Å². The monoisotopic (exact) mass is 208 g/mol. The van der Waals surface area contributed by atoms with Crippen LogP contribution in [0.4, 0.5) is 0 Å². The number of nitrogens with zero attached hydrogens (tertiary/aromatic N) is 1. The van der Waals surface area contributed by atoms with Gasteiger partial charge in [-0.15, -0.1) is 0 Å². The zero-order valence-corrected chi connectivity index (χ0v) is 9.80. The average molecular weight is 208 g/mol. The minimum absolute atomic E-state index is 0.704. The van der Waals surface area contributed by atoms with Crippen molar-refractivity contribution in [2.45, 2.75) is 38.5 Å². The van der Waals surface area contributed by atoms with Gasteiger partial charge in [-0.05, 0) is 63.1 Å². The standard InChI is InChI=1S/C13H24N2/c1-2-12(3-1)10-15-8-5-13(6-9-15)4-7-14-11-13/h12,14H,1-11H2. The first-order valence-electron chi connectivity index (χ1n) is 6.79. The number of rotatable bonds is 2. The highest BCUT2D eigenvalue weighted by Gasteiger charge is 2.37. The Morgan fingerprint density at radius 3 is 2.47 bits per heavy atom. The number of likely N-dealkylation sites (tertiary alicyclic amines) is 1. The van der Waals surface area contributed by atoms with E-state index < -0.39 is 0 Å². The van der Waals surface area contributed by atoms with E-state index in [1.165, 1.54) is 71.2 Å². The van der Waals surface area contributed by atoms with Crippen LogP contribution in [0.25, 0.3) is 0 Å². The van der Waals surface area contributed by atoms with E-state index in [9.17, 15) is 0 Å². The van der Waals surface area contributed by atoms with Crippen molar-refractivity contribution in [3.8, 4) is 0 Å². The first-order chi connectivity index (χ1) is 7.36. The van der Waals surface area contributed by atoms with Crippen molar-refractivity contribution in [2.75, 3.05) is 32.7 Å². The lowest BCUT2D eigenvalue weighted by Crippen LogP contribution is -2.43.